The van der Waals surface area contributed by atoms with E-state index < -0.39 is 23.4 Å². The first-order valence-corrected chi connectivity index (χ1v) is 6.05. The molecule has 0 aliphatic rings. The maximum Gasteiger partial charge on any atom is 0.329 e. The summed E-state index contributed by atoms with van der Waals surface area (Å²) in [5, 5.41) is 11.5. The van der Waals surface area contributed by atoms with Gasteiger partial charge in [0.1, 0.15) is 5.54 Å². The number of ether oxygens (including phenoxy) is 1. The van der Waals surface area contributed by atoms with Crippen molar-refractivity contribution in [3.63, 3.8) is 0 Å². The van der Waals surface area contributed by atoms with E-state index in [1.54, 1.807) is 6.92 Å². The molecule has 0 aliphatic carbocycles. The lowest BCUT2D eigenvalue weighted by atomic mass is 9.96. The van der Waals surface area contributed by atoms with Crippen molar-refractivity contribution in [1.29, 1.82) is 0 Å². The molecule has 6 heteroatoms. The zero-order valence-electron chi connectivity index (χ0n) is 11.1. The van der Waals surface area contributed by atoms with Gasteiger partial charge in [0, 0.05) is 6.42 Å². The topological polar surface area (TPSA) is 92.7 Å². The third-order valence-corrected chi connectivity index (χ3v) is 2.50. The molecule has 0 aromatic heterocycles. The number of carbonyl (C=O) groups excluding carboxylic acids is 2. The van der Waals surface area contributed by atoms with Gasteiger partial charge in [-0.15, -0.1) is 0 Å². The summed E-state index contributed by atoms with van der Waals surface area (Å²) in [6.07, 6.45) is 0.876. The number of rotatable bonds is 8. The molecule has 0 aromatic rings. The SMILES string of the molecule is CCCC(C)(NC(=O)CCC(=O)OCC)C(=O)O. The van der Waals surface area contributed by atoms with E-state index in [1.165, 1.54) is 6.92 Å². The molecule has 0 saturated carbocycles. The lowest BCUT2D eigenvalue weighted by molar-refractivity contribution is -0.147. The number of hydrogen-bond acceptors (Lipinski definition) is 4. The molecule has 0 spiro atoms. The molecule has 0 bridgehead atoms. The molecule has 0 saturated heterocycles. The second-order valence-electron chi connectivity index (χ2n) is 4.24. The van der Waals surface area contributed by atoms with Crippen LogP contribution in [0.4, 0.5) is 0 Å². The Balaban J connectivity index is 4.27. The summed E-state index contributed by atoms with van der Waals surface area (Å²) in [4.78, 5) is 33.7. The van der Waals surface area contributed by atoms with Crippen LogP contribution in [0.3, 0.4) is 0 Å². The molecular formula is C12H21NO5. The molecule has 1 atom stereocenters. The van der Waals surface area contributed by atoms with Crippen molar-refractivity contribution in [2.24, 2.45) is 0 Å². The zero-order chi connectivity index (χ0) is 14.2. The first kappa shape index (κ1) is 16.4. The Bertz CT molecular complexity index is 316. The molecule has 0 aliphatic heterocycles. The van der Waals surface area contributed by atoms with Gasteiger partial charge in [-0.3, -0.25) is 9.59 Å². The summed E-state index contributed by atoms with van der Waals surface area (Å²) < 4.78 is 4.68. The fraction of sp³-hybridized carbons (Fsp3) is 0.750. The van der Waals surface area contributed by atoms with Crippen LogP contribution < -0.4 is 5.32 Å². The summed E-state index contributed by atoms with van der Waals surface area (Å²) in [7, 11) is 0. The van der Waals surface area contributed by atoms with E-state index >= 15 is 0 Å². The Morgan fingerprint density at radius 3 is 2.28 bits per heavy atom. The number of carboxylic acid groups (broad SMARTS) is 1. The minimum atomic E-state index is -1.28. The van der Waals surface area contributed by atoms with Gasteiger partial charge in [0.25, 0.3) is 0 Å². The summed E-state index contributed by atoms with van der Waals surface area (Å²) >= 11 is 0. The van der Waals surface area contributed by atoms with E-state index in [9.17, 15) is 14.4 Å². The smallest absolute Gasteiger partial charge is 0.329 e. The molecule has 0 rings (SSSR count). The average molecular weight is 259 g/mol. The molecule has 1 unspecified atom stereocenters. The van der Waals surface area contributed by atoms with Crippen molar-refractivity contribution in [3.05, 3.63) is 0 Å². The van der Waals surface area contributed by atoms with Crippen LogP contribution in [0.25, 0.3) is 0 Å². The minimum Gasteiger partial charge on any atom is -0.480 e. The monoisotopic (exact) mass is 259 g/mol. The molecule has 104 valence electrons. The van der Waals surface area contributed by atoms with Crippen molar-refractivity contribution >= 4 is 17.8 Å². The first-order chi connectivity index (χ1) is 8.35. The summed E-state index contributed by atoms with van der Waals surface area (Å²) in [5.74, 6) is -1.99. The molecule has 0 heterocycles. The van der Waals surface area contributed by atoms with Crippen molar-refractivity contribution < 1.29 is 24.2 Å². The number of hydrogen-bond donors (Lipinski definition) is 2. The lowest BCUT2D eigenvalue weighted by Crippen LogP contribution is -2.52. The maximum atomic E-state index is 11.6. The standard InChI is InChI=1S/C12H21NO5/c1-4-8-12(3,11(16)17)13-9(14)6-7-10(15)18-5-2/h4-8H2,1-3H3,(H,13,14)(H,16,17). The third kappa shape index (κ3) is 5.65. The molecule has 0 aromatic carbocycles. The van der Waals surface area contributed by atoms with Gasteiger partial charge in [0.05, 0.1) is 13.0 Å². The highest BCUT2D eigenvalue weighted by Gasteiger charge is 2.33. The van der Waals surface area contributed by atoms with Gasteiger partial charge in [-0.05, 0) is 20.3 Å². The van der Waals surface area contributed by atoms with Gasteiger partial charge in [-0.2, -0.15) is 0 Å². The van der Waals surface area contributed by atoms with Crippen LogP contribution in [0.5, 0.6) is 0 Å². The Morgan fingerprint density at radius 1 is 1.22 bits per heavy atom. The summed E-state index contributed by atoms with van der Waals surface area (Å²) in [6, 6.07) is 0. The second kappa shape index (κ2) is 7.68. The maximum absolute atomic E-state index is 11.6. The number of carboxylic acids is 1. The van der Waals surface area contributed by atoms with Crippen LogP contribution in [0, 0.1) is 0 Å². The van der Waals surface area contributed by atoms with E-state index in [1.807, 2.05) is 6.92 Å². The predicted octanol–water partition coefficient (Wildman–Crippen LogP) is 1.09. The molecule has 0 fully saturated rings. The number of aliphatic carboxylic acids is 1. The van der Waals surface area contributed by atoms with Crippen LogP contribution in [-0.4, -0.2) is 35.1 Å². The molecule has 0 radical (unpaired) electrons. The van der Waals surface area contributed by atoms with Crippen LogP contribution >= 0.6 is 0 Å². The van der Waals surface area contributed by atoms with Crippen LogP contribution in [0.2, 0.25) is 0 Å². The summed E-state index contributed by atoms with van der Waals surface area (Å²) in [5.41, 5.74) is -1.28. The molecule has 1 amide bonds. The van der Waals surface area contributed by atoms with E-state index in [2.05, 4.69) is 10.1 Å². The van der Waals surface area contributed by atoms with Gasteiger partial charge in [-0.25, -0.2) is 4.79 Å². The van der Waals surface area contributed by atoms with E-state index in [0.717, 1.165) is 0 Å². The van der Waals surface area contributed by atoms with Crippen LogP contribution in [0.1, 0.15) is 46.5 Å². The highest BCUT2D eigenvalue weighted by molar-refractivity contribution is 5.88. The zero-order valence-corrected chi connectivity index (χ0v) is 11.1. The fourth-order valence-corrected chi connectivity index (χ4v) is 1.54. The van der Waals surface area contributed by atoms with Crippen LogP contribution in [-0.2, 0) is 19.1 Å². The van der Waals surface area contributed by atoms with Crippen molar-refractivity contribution in [1.82, 2.24) is 5.32 Å². The second-order valence-corrected chi connectivity index (χ2v) is 4.24. The molecule has 6 nitrogen and oxygen atoms in total. The van der Waals surface area contributed by atoms with Crippen LogP contribution in [0.15, 0.2) is 0 Å². The predicted molar refractivity (Wildman–Crippen MR) is 65.0 cm³/mol. The normalized spacial score (nSPS) is 13.5. The summed E-state index contributed by atoms with van der Waals surface area (Å²) in [6.45, 7) is 5.25. The van der Waals surface area contributed by atoms with E-state index in [-0.39, 0.29) is 19.4 Å². The Kier molecular flexibility index (Phi) is 7.00. The van der Waals surface area contributed by atoms with Gasteiger partial charge in [-0.1, -0.05) is 13.3 Å². The Labute approximate surface area is 107 Å². The number of carbonyl (C=O) groups is 3. The van der Waals surface area contributed by atoms with Gasteiger partial charge < -0.3 is 15.2 Å². The Morgan fingerprint density at radius 2 is 1.83 bits per heavy atom. The highest BCUT2D eigenvalue weighted by atomic mass is 16.5. The largest absolute Gasteiger partial charge is 0.480 e. The molecular weight excluding hydrogens is 238 g/mol. The highest BCUT2D eigenvalue weighted by Crippen LogP contribution is 2.13. The van der Waals surface area contributed by atoms with E-state index in [0.29, 0.717) is 12.8 Å². The lowest BCUT2D eigenvalue weighted by Gasteiger charge is -2.25. The number of amides is 1. The van der Waals surface area contributed by atoms with Gasteiger partial charge in [0.2, 0.25) is 5.91 Å². The average Bonchev–Trinajstić information content (AvgIpc) is 2.27. The first-order valence-electron chi connectivity index (χ1n) is 6.05. The number of esters is 1. The molecule has 2 N–H and O–H groups in total. The van der Waals surface area contributed by atoms with Crippen molar-refractivity contribution in [2.45, 2.75) is 52.0 Å². The Hall–Kier alpha value is -1.59. The number of nitrogens with one attached hydrogen (secondary N) is 1. The minimum absolute atomic E-state index is 0.0402. The molecule has 18 heavy (non-hydrogen) atoms. The van der Waals surface area contributed by atoms with Gasteiger partial charge in [0.15, 0.2) is 0 Å². The third-order valence-electron chi connectivity index (χ3n) is 2.50. The fourth-order valence-electron chi connectivity index (χ4n) is 1.54. The van der Waals surface area contributed by atoms with E-state index in [4.69, 9.17) is 5.11 Å². The quantitative estimate of drug-likeness (QED) is 0.636. The van der Waals surface area contributed by atoms with Gasteiger partial charge >= 0.3 is 11.9 Å². The van der Waals surface area contributed by atoms with Crippen molar-refractivity contribution in [2.75, 3.05) is 6.61 Å². The van der Waals surface area contributed by atoms with Crippen molar-refractivity contribution in [3.8, 4) is 0 Å².